The number of allylic oxidation sites excluding steroid dienone is 1. The van der Waals surface area contributed by atoms with E-state index < -0.39 is 11.6 Å². The van der Waals surface area contributed by atoms with E-state index in [0.717, 1.165) is 18.5 Å². The monoisotopic (exact) mass is 433 g/mol. The fraction of sp³-hybridized carbons (Fsp3) is 0.381. The highest BCUT2D eigenvalue weighted by Gasteiger charge is 2.30. The van der Waals surface area contributed by atoms with E-state index in [0.29, 0.717) is 12.1 Å². The quantitative estimate of drug-likeness (QED) is 0.390. The molecule has 1 aromatic carbocycles. The Bertz CT molecular complexity index is 976. The van der Waals surface area contributed by atoms with Gasteiger partial charge in [0.15, 0.2) is 17.3 Å². The van der Waals surface area contributed by atoms with Crippen LogP contribution in [0.2, 0.25) is 0 Å². The SMILES string of the molecule is COc1cc(C2CC2)c(F)c(COc2cnc(/N=C(N)\C=C(\C)NCCO)nc2)c1F. The van der Waals surface area contributed by atoms with E-state index in [1.165, 1.54) is 25.6 Å². The number of halogens is 2. The molecule has 3 rings (SSSR count). The number of ether oxygens (including phenoxy) is 2. The number of aromatic nitrogens is 2. The molecule has 1 heterocycles. The van der Waals surface area contributed by atoms with Crippen LogP contribution < -0.4 is 20.5 Å². The van der Waals surface area contributed by atoms with Gasteiger partial charge in [-0.15, -0.1) is 0 Å². The number of aliphatic imine (C=N–C) groups is 1. The van der Waals surface area contributed by atoms with E-state index in [9.17, 15) is 8.78 Å². The summed E-state index contributed by atoms with van der Waals surface area (Å²) in [4.78, 5) is 12.1. The average molecular weight is 433 g/mol. The highest BCUT2D eigenvalue weighted by molar-refractivity contribution is 5.93. The zero-order valence-corrected chi connectivity index (χ0v) is 17.4. The Balaban J connectivity index is 1.68. The average Bonchev–Trinajstić information content (AvgIpc) is 3.58. The van der Waals surface area contributed by atoms with Crippen molar-refractivity contribution in [3.05, 3.63) is 53.0 Å². The minimum Gasteiger partial charge on any atom is -0.494 e. The van der Waals surface area contributed by atoms with Gasteiger partial charge in [0, 0.05) is 12.2 Å². The highest BCUT2D eigenvalue weighted by Crippen LogP contribution is 2.44. The van der Waals surface area contributed by atoms with Gasteiger partial charge in [0.1, 0.15) is 18.3 Å². The first kappa shape index (κ1) is 22.4. The van der Waals surface area contributed by atoms with Crippen molar-refractivity contribution in [3.63, 3.8) is 0 Å². The summed E-state index contributed by atoms with van der Waals surface area (Å²) in [5.74, 6) is -0.797. The molecule has 0 spiro atoms. The molecule has 1 aliphatic carbocycles. The van der Waals surface area contributed by atoms with Crippen molar-refractivity contribution in [2.45, 2.75) is 32.3 Å². The van der Waals surface area contributed by atoms with E-state index in [4.69, 9.17) is 20.3 Å². The lowest BCUT2D eigenvalue weighted by Gasteiger charge is -2.13. The zero-order chi connectivity index (χ0) is 22.4. The minimum atomic E-state index is -0.781. The standard InChI is InChI=1S/C21H25F2N5O3/c1-12(25-5-6-29)7-18(24)28-21-26-9-14(10-27-21)31-11-16-19(22)15(13-3-4-13)8-17(30-2)20(16)23/h7-10,13,25,29H,3-6,11H2,1-2H3,(H2,24,26,27,28)/b12-7-. The van der Waals surface area contributed by atoms with Crippen molar-refractivity contribution >= 4 is 11.8 Å². The third-order valence-corrected chi connectivity index (χ3v) is 4.63. The first-order chi connectivity index (χ1) is 14.9. The van der Waals surface area contributed by atoms with Gasteiger partial charge >= 0.3 is 0 Å². The van der Waals surface area contributed by atoms with Gasteiger partial charge in [0.05, 0.1) is 31.7 Å². The normalized spacial score (nSPS) is 14.5. The fourth-order valence-corrected chi connectivity index (χ4v) is 2.92. The number of aliphatic hydroxyl groups is 1. The summed E-state index contributed by atoms with van der Waals surface area (Å²) in [6, 6.07) is 1.42. The Hall–Kier alpha value is -3.27. The van der Waals surface area contributed by atoms with Crippen molar-refractivity contribution < 1.29 is 23.4 Å². The molecule has 10 heteroatoms. The number of rotatable bonds is 10. The molecule has 1 fully saturated rings. The molecule has 0 amide bonds. The Morgan fingerprint density at radius 3 is 2.65 bits per heavy atom. The second-order valence-electron chi connectivity index (χ2n) is 7.07. The van der Waals surface area contributed by atoms with E-state index in [2.05, 4.69) is 20.3 Å². The first-order valence-corrected chi connectivity index (χ1v) is 9.79. The Kier molecular flexibility index (Phi) is 7.35. The third-order valence-electron chi connectivity index (χ3n) is 4.63. The minimum absolute atomic E-state index is 0.00173. The summed E-state index contributed by atoms with van der Waals surface area (Å²) >= 11 is 0. The summed E-state index contributed by atoms with van der Waals surface area (Å²) in [7, 11) is 1.34. The van der Waals surface area contributed by atoms with Crippen LogP contribution in [0.25, 0.3) is 0 Å². The van der Waals surface area contributed by atoms with E-state index in [1.807, 2.05) is 0 Å². The van der Waals surface area contributed by atoms with Crippen molar-refractivity contribution in [1.29, 1.82) is 0 Å². The van der Waals surface area contributed by atoms with Crippen LogP contribution in [0.15, 0.2) is 35.2 Å². The zero-order valence-electron chi connectivity index (χ0n) is 17.4. The van der Waals surface area contributed by atoms with Gasteiger partial charge in [-0.05, 0) is 43.4 Å². The topological polar surface area (TPSA) is 115 Å². The molecule has 1 aromatic heterocycles. The van der Waals surface area contributed by atoms with Gasteiger partial charge in [0.2, 0.25) is 0 Å². The lowest BCUT2D eigenvalue weighted by atomic mass is 10.0. The smallest absolute Gasteiger partial charge is 0.251 e. The molecule has 0 aliphatic heterocycles. The lowest BCUT2D eigenvalue weighted by molar-refractivity contribution is 0.285. The van der Waals surface area contributed by atoms with Gasteiger partial charge in [-0.3, -0.25) is 0 Å². The van der Waals surface area contributed by atoms with E-state index in [-0.39, 0.29) is 48.0 Å². The summed E-state index contributed by atoms with van der Waals surface area (Å²) < 4.78 is 39.9. The molecule has 0 unspecified atom stereocenters. The molecular weight excluding hydrogens is 408 g/mol. The number of hydrogen-bond donors (Lipinski definition) is 3. The molecule has 166 valence electrons. The Morgan fingerprint density at radius 2 is 2.03 bits per heavy atom. The maximum atomic E-state index is 14.8. The second kappa shape index (κ2) is 10.2. The van der Waals surface area contributed by atoms with Crippen LogP contribution in [-0.4, -0.2) is 41.2 Å². The van der Waals surface area contributed by atoms with Crippen molar-refractivity contribution in [2.75, 3.05) is 20.3 Å². The summed E-state index contributed by atoms with van der Waals surface area (Å²) in [6.07, 6.45) is 6.01. The van der Waals surface area contributed by atoms with Crippen molar-refractivity contribution in [1.82, 2.24) is 15.3 Å². The predicted octanol–water partition coefficient (Wildman–Crippen LogP) is 2.69. The van der Waals surface area contributed by atoms with Crippen molar-refractivity contribution in [3.8, 4) is 11.5 Å². The number of nitrogens with zero attached hydrogens (tertiary/aromatic N) is 3. The largest absolute Gasteiger partial charge is 0.494 e. The summed E-state index contributed by atoms with van der Waals surface area (Å²) in [6.45, 7) is 1.84. The first-order valence-electron chi connectivity index (χ1n) is 9.79. The predicted molar refractivity (Wildman–Crippen MR) is 111 cm³/mol. The molecule has 0 atom stereocenters. The van der Waals surface area contributed by atoms with Crippen LogP contribution in [-0.2, 0) is 6.61 Å². The Morgan fingerprint density at radius 1 is 1.32 bits per heavy atom. The van der Waals surface area contributed by atoms with Crippen LogP contribution in [0.5, 0.6) is 11.5 Å². The van der Waals surface area contributed by atoms with Crippen molar-refractivity contribution in [2.24, 2.45) is 10.7 Å². The Labute approximate surface area is 178 Å². The van der Waals surface area contributed by atoms with E-state index >= 15 is 0 Å². The molecule has 4 N–H and O–H groups in total. The van der Waals surface area contributed by atoms with Gasteiger partial charge in [0.25, 0.3) is 5.95 Å². The maximum absolute atomic E-state index is 14.8. The van der Waals surface area contributed by atoms with Gasteiger partial charge in [-0.2, -0.15) is 4.99 Å². The highest BCUT2D eigenvalue weighted by atomic mass is 19.1. The van der Waals surface area contributed by atoms with Gasteiger partial charge < -0.3 is 25.6 Å². The molecule has 2 aromatic rings. The molecule has 31 heavy (non-hydrogen) atoms. The van der Waals surface area contributed by atoms with Crippen LogP contribution in [0, 0.1) is 11.6 Å². The van der Waals surface area contributed by atoms with Crippen LogP contribution >= 0.6 is 0 Å². The molecule has 0 radical (unpaired) electrons. The molecule has 0 bridgehead atoms. The molecular formula is C21H25F2N5O3. The van der Waals surface area contributed by atoms with Gasteiger partial charge in [-0.25, -0.2) is 18.7 Å². The molecule has 8 nitrogen and oxygen atoms in total. The summed E-state index contributed by atoms with van der Waals surface area (Å²) in [5.41, 5.74) is 6.80. The van der Waals surface area contributed by atoms with Crippen LogP contribution in [0.1, 0.15) is 36.8 Å². The number of nitrogens with one attached hydrogen (secondary N) is 1. The van der Waals surface area contributed by atoms with Crippen LogP contribution in [0.3, 0.4) is 0 Å². The van der Waals surface area contributed by atoms with Gasteiger partial charge in [-0.1, -0.05) is 0 Å². The number of nitrogens with two attached hydrogens (primary N) is 1. The maximum Gasteiger partial charge on any atom is 0.251 e. The third kappa shape index (κ3) is 5.88. The summed E-state index contributed by atoms with van der Waals surface area (Å²) in [5, 5.41) is 11.7. The second-order valence-corrected chi connectivity index (χ2v) is 7.07. The molecule has 1 aliphatic rings. The number of methoxy groups -OCH3 is 1. The number of amidine groups is 1. The molecule has 0 saturated heterocycles. The number of hydrogen-bond acceptors (Lipinski definition) is 7. The number of aliphatic hydroxyl groups excluding tert-OH is 1. The van der Waals surface area contributed by atoms with E-state index in [1.54, 1.807) is 13.0 Å². The number of benzene rings is 1. The van der Waals surface area contributed by atoms with Crippen LogP contribution in [0.4, 0.5) is 14.7 Å². The fourth-order valence-electron chi connectivity index (χ4n) is 2.92. The molecule has 1 saturated carbocycles. The lowest BCUT2D eigenvalue weighted by Crippen LogP contribution is -2.18.